The van der Waals surface area contributed by atoms with Gasteiger partial charge in [0.25, 0.3) is 0 Å². The van der Waals surface area contributed by atoms with Crippen molar-refractivity contribution >= 4 is 33.3 Å². The van der Waals surface area contributed by atoms with Crippen LogP contribution in [0.2, 0.25) is 0 Å². The molecule has 0 atom stereocenters. The average Bonchev–Trinajstić information content (AvgIpc) is 2.94. The molecular formula is C10H9N5S2. The fourth-order valence-electron chi connectivity index (χ4n) is 1.38. The molecule has 17 heavy (non-hydrogen) atoms. The van der Waals surface area contributed by atoms with Gasteiger partial charge in [0, 0.05) is 0 Å². The fourth-order valence-corrected chi connectivity index (χ4v) is 3.25. The Labute approximate surface area is 106 Å². The lowest BCUT2D eigenvalue weighted by Crippen LogP contribution is -1.98. The Balaban J connectivity index is 1.89. The number of aryl methyl sites for hydroxylation is 1. The number of rotatable bonds is 3. The van der Waals surface area contributed by atoms with Crippen molar-refractivity contribution in [2.24, 2.45) is 0 Å². The van der Waals surface area contributed by atoms with Gasteiger partial charge in [0.2, 0.25) is 5.16 Å². The van der Waals surface area contributed by atoms with Crippen LogP contribution in [-0.2, 0) is 6.54 Å². The number of hydrogen-bond donors (Lipinski definition) is 0. The van der Waals surface area contributed by atoms with E-state index in [1.807, 2.05) is 25.1 Å². The molecule has 0 N–H and O–H groups in total. The van der Waals surface area contributed by atoms with Crippen LogP contribution in [0.3, 0.4) is 0 Å². The van der Waals surface area contributed by atoms with Gasteiger partial charge in [-0.2, -0.15) is 4.80 Å². The molecular weight excluding hydrogens is 254 g/mol. The largest absolute Gasteiger partial charge is 0.238 e. The minimum Gasteiger partial charge on any atom is -0.229 e. The van der Waals surface area contributed by atoms with Gasteiger partial charge in [0.1, 0.15) is 0 Å². The Morgan fingerprint density at radius 3 is 3.00 bits per heavy atom. The quantitative estimate of drug-likeness (QED) is 0.726. The second-order valence-electron chi connectivity index (χ2n) is 3.31. The molecule has 3 rings (SSSR count). The van der Waals surface area contributed by atoms with E-state index in [-0.39, 0.29) is 0 Å². The summed E-state index contributed by atoms with van der Waals surface area (Å²) >= 11 is 3.10. The Morgan fingerprint density at radius 2 is 2.24 bits per heavy atom. The first-order valence-electron chi connectivity index (χ1n) is 5.16. The highest BCUT2D eigenvalue weighted by molar-refractivity contribution is 8.01. The molecule has 2 heterocycles. The van der Waals surface area contributed by atoms with Gasteiger partial charge in [-0.3, -0.25) is 0 Å². The van der Waals surface area contributed by atoms with Crippen LogP contribution in [0.25, 0.3) is 10.2 Å². The molecule has 0 spiro atoms. The van der Waals surface area contributed by atoms with E-state index >= 15 is 0 Å². The van der Waals surface area contributed by atoms with E-state index in [1.54, 1.807) is 16.1 Å². The van der Waals surface area contributed by atoms with Crippen LogP contribution in [0.1, 0.15) is 6.92 Å². The summed E-state index contributed by atoms with van der Waals surface area (Å²) < 4.78 is 2.12. The van der Waals surface area contributed by atoms with Crippen molar-refractivity contribution in [1.29, 1.82) is 0 Å². The minimum absolute atomic E-state index is 0.644. The summed E-state index contributed by atoms with van der Waals surface area (Å²) in [5.41, 5.74) is 1.02. The van der Waals surface area contributed by atoms with Gasteiger partial charge in [0.15, 0.2) is 4.34 Å². The van der Waals surface area contributed by atoms with Crippen LogP contribution in [-0.4, -0.2) is 25.2 Å². The molecule has 5 nitrogen and oxygen atoms in total. The van der Waals surface area contributed by atoms with Gasteiger partial charge in [-0.05, 0) is 36.0 Å². The Kier molecular flexibility index (Phi) is 2.77. The summed E-state index contributed by atoms with van der Waals surface area (Å²) in [6, 6.07) is 8.07. The predicted molar refractivity (Wildman–Crippen MR) is 67.2 cm³/mol. The maximum absolute atomic E-state index is 4.51. The van der Waals surface area contributed by atoms with E-state index < -0.39 is 0 Å². The molecule has 1 aromatic carbocycles. The molecule has 0 amide bonds. The predicted octanol–water partition coefficient (Wildman–Crippen LogP) is 2.45. The Morgan fingerprint density at radius 1 is 1.35 bits per heavy atom. The van der Waals surface area contributed by atoms with Gasteiger partial charge in [0.05, 0.1) is 16.8 Å². The highest BCUT2D eigenvalue weighted by Gasteiger charge is 2.08. The van der Waals surface area contributed by atoms with Gasteiger partial charge < -0.3 is 0 Å². The van der Waals surface area contributed by atoms with Gasteiger partial charge >= 0.3 is 0 Å². The SMILES string of the molecule is CCn1nnc(Sc2nc3ccccc3s2)n1. The van der Waals surface area contributed by atoms with Crippen LogP contribution in [0, 0.1) is 0 Å². The van der Waals surface area contributed by atoms with Crippen molar-refractivity contribution in [1.82, 2.24) is 25.2 Å². The smallest absolute Gasteiger partial charge is 0.229 e. The third-order valence-electron chi connectivity index (χ3n) is 2.17. The zero-order valence-electron chi connectivity index (χ0n) is 9.07. The molecule has 7 heteroatoms. The molecule has 0 aliphatic carbocycles. The van der Waals surface area contributed by atoms with Crippen LogP contribution < -0.4 is 0 Å². The van der Waals surface area contributed by atoms with Crippen molar-refractivity contribution in [3.8, 4) is 0 Å². The molecule has 3 aromatic rings. The minimum atomic E-state index is 0.644. The lowest BCUT2D eigenvalue weighted by atomic mass is 10.3. The lowest BCUT2D eigenvalue weighted by Gasteiger charge is -1.87. The maximum Gasteiger partial charge on any atom is 0.238 e. The molecule has 0 unspecified atom stereocenters. The Hall–Kier alpha value is -1.47. The molecule has 0 aliphatic rings. The zero-order chi connectivity index (χ0) is 11.7. The lowest BCUT2D eigenvalue weighted by molar-refractivity contribution is 0.549. The maximum atomic E-state index is 4.51. The summed E-state index contributed by atoms with van der Waals surface area (Å²) in [6.07, 6.45) is 0. The standard InChI is InChI=1S/C10H9N5S2/c1-2-15-13-9(12-14-15)17-10-11-7-5-3-4-6-8(7)16-10/h3-6H,2H2,1H3. The summed E-state index contributed by atoms with van der Waals surface area (Å²) in [6.45, 7) is 2.71. The van der Waals surface area contributed by atoms with Crippen molar-refractivity contribution in [2.75, 3.05) is 0 Å². The summed E-state index contributed by atoms with van der Waals surface area (Å²) in [4.78, 5) is 6.07. The van der Waals surface area contributed by atoms with Gasteiger partial charge in [-0.15, -0.1) is 21.5 Å². The first-order valence-corrected chi connectivity index (χ1v) is 6.79. The van der Waals surface area contributed by atoms with Crippen LogP contribution >= 0.6 is 23.1 Å². The number of hydrogen-bond acceptors (Lipinski definition) is 6. The molecule has 0 radical (unpaired) electrons. The third-order valence-corrected chi connectivity index (χ3v) is 4.11. The first-order chi connectivity index (χ1) is 8.35. The fraction of sp³-hybridized carbons (Fsp3) is 0.200. The number of benzene rings is 1. The van der Waals surface area contributed by atoms with Crippen molar-refractivity contribution in [3.05, 3.63) is 24.3 Å². The highest BCUT2D eigenvalue weighted by Crippen LogP contribution is 2.32. The summed E-state index contributed by atoms with van der Waals surface area (Å²) in [5.74, 6) is 0. The third kappa shape index (κ3) is 2.16. The molecule has 0 bridgehead atoms. The summed E-state index contributed by atoms with van der Waals surface area (Å²) in [5, 5.41) is 12.7. The van der Waals surface area contributed by atoms with Crippen LogP contribution in [0.4, 0.5) is 0 Å². The number of aromatic nitrogens is 5. The number of nitrogens with zero attached hydrogens (tertiary/aromatic N) is 5. The topological polar surface area (TPSA) is 56.5 Å². The monoisotopic (exact) mass is 263 g/mol. The molecule has 0 saturated carbocycles. The van der Waals surface area contributed by atoms with Gasteiger partial charge in [-0.25, -0.2) is 4.98 Å². The molecule has 0 fully saturated rings. The molecule has 0 saturated heterocycles. The second kappa shape index (κ2) is 4.42. The van der Waals surface area contributed by atoms with E-state index in [9.17, 15) is 0 Å². The number of thiazole rings is 1. The van der Waals surface area contributed by atoms with E-state index in [4.69, 9.17) is 0 Å². The normalized spacial score (nSPS) is 11.1. The van der Waals surface area contributed by atoms with Crippen molar-refractivity contribution in [2.45, 2.75) is 23.0 Å². The van der Waals surface area contributed by atoms with Crippen LogP contribution in [0.5, 0.6) is 0 Å². The highest BCUT2D eigenvalue weighted by atomic mass is 32.2. The van der Waals surface area contributed by atoms with E-state index in [1.165, 1.54) is 16.5 Å². The molecule has 2 aromatic heterocycles. The average molecular weight is 263 g/mol. The zero-order valence-corrected chi connectivity index (χ0v) is 10.7. The second-order valence-corrected chi connectivity index (χ2v) is 5.56. The van der Waals surface area contributed by atoms with E-state index in [2.05, 4.69) is 26.5 Å². The van der Waals surface area contributed by atoms with E-state index in [0.717, 1.165) is 16.4 Å². The molecule has 0 aliphatic heterocycles. The van der Waals surface area contributed by atoms with Crippen molar-refractivity contribution < 1.29 is 0 Å². The molecule has 86 valence electrons. The van der Waals surface area contributed by atoms with Crippen molar-refractivity contribution in [3.63, 3.8) is 0 Å². The number of para-hydroxylation sites is 1. The number of tetrazole rings is 1. The Bertz CT molecular complexity index is 612. The van der Waals surface area contributed by atoms with Gasteiger partial charge in [-0.1, -0.05) is 12.1 Å². The number of fused-ring (bicyclic) bond motifs is 1. The first kappa shape index (κ1) is 10.7. The van der Waals surface area contributed by atoms with E-state index in [0.29, 0.717) is 5.16 Å². The van der Waals surface area contributed by atoms with Crippen LogP contribution in [0.15, 0.2) is 33.8 Å². The summed E-state index contributed by atoms with van der Waals surface area (Å²) in [7, 11) is 0.